The van der Waals surface area contributed by atoms with Gasteiger partial charge in [0.2, 0.25) is 0 Å². The Kier molecular flexibility index (Phi) is 5.45. The molecule has 0 amide bonds. The summed E-state index contributed by atoms with van der Waals surface area (Å²) in [4.78, 5) is 19.3. The average Bonchev–Trinajstić information content (AvgIpc) is 2.66. The summed E-state index contributed by atoms with van der Waals surface area (Å²) in [6.07, 6.45) is 4.90. The van der Waals surface area contributed by atoms with Gasteiger partial charge in [-0.15, -0.1) is 0 Å². The van der Waals surface area contributed by atoms with Crippen molar-refractivity contribution in [2.24, 2.45) is 0 Å². The second-order valence-electron chi connectivity index (χ2n) is 7.72. The number of rotatable bonds is 5. The van der Waals surface area contributed by atoms with Crippen molar-refractivity contribution in [2.45, 2.75) is 39.0 Å². The van der Waals surface area contributed by atoms with E-state index < -0.39 is 0 Å². The lowest BCUT2D eigenvalue weighted by molar-refractivity contribution is 0.392. The third-order valence-electron chi connectivity index (χ3n) is 4.68. The molecule has 4 nitrogen and oxygen atoms in total. The fourth-order valence-corrected chi connectivity index (χ4v) is 3.29. The first-order valence-corrected chi connectivity index (χ1v) is 9.19. The van der Waals surface area contributed by atoms with Crippen LogP contribution in [-0.4, -0.2) is 17.1 Å². The predicted octanol–water partition coefficient (Wildman–Crippen LogP) is 4.53. The average molecular weight is 362 g/mol. The molecule has 0 radical (unpaired) electrons. The Labute approximate surface area is 160 Å². The standard InChI is InChI=1S/C23H26N2O2/c1-23(2,3)19-15-18(20-22(26)25-13-12-24-20)14-17(21(19)27-4)11-10-16-8-6-5-7-9-16/h5-9,12-15H,10-11H2,1-4H3,(H,25,26). The van der Waals surface area contributed by atoms with Crippen molar-refractivity contribution in [3.8, 4) is 17.0 Å². The first kappa shape index (κ1) is 18.9. The molecule has 27 heavy (non-hydrogen) atoms. The molecule has 3 aromatic rings. The Morgan fingerprint density at radius 1 is 1.07 bits per heavy atom. The number of H-pyrrole nitrogens is 1. The Bertz CT molecular complexity index is 970. The number of aryl methyl sites for hydroxylation is 2. The molecular formula is C23H26N2O2. The Morgan fingerprint density at radius 3 is 2.44 bits per heavy atom. The normalized spacial score (nSPS) is 11.4. The van der Waals surface area contributed by atoms with Gasteiger partial charge in [-0.1, -0.05) is 51.1 Å². The van der Waals surface area contributed by atoms with E-state index in [0.29, 0.717) is 5.69 Å². The molecule has 0 saturated carbocycles. The number of methoxy groups -OCH3 is 1. The van der Waals surface area contributed by atoms with Crippen molar-refractivity contribution in [3.05, 3.63) is 81.9 Å². The monoisotopic (exact) mass is 362 g/mol. The summed E-state index contributed by atoms with van der Waals surface area (Å²) in [6, 6.07) is 14.5. The first-order chi connectivity index (χ1) is 12.9. The van der Waals surface area contributed by atoms with Crippen molar-refractivity contribution in [2.75, 3.05) is 7.11 Å². The lowest BCUT2D eigenvalue weighted by atomic mass is 9.83. The summed E-state index contributed by atoms with van der Waals surface area (Å²) in [7, 11) is 1.71. The molecule has 0 unspecified atom stereocenters. The van der Waals surface area contributed by atoms with E-state index in [9.17, 15) is 4.79 Å². The highest BCUT2D eigenvalue weighted by Crippen LogP contribution is 2.37. The molecule has 2 aromatic carbocycles. The van der Waals surface area contributed by atoms with Gasteiger partial charge in [-0.25, -0.2) is 4.98 Å². The van der Waals surface area contributed by atoms with Crippen molar-refractivity contribution in [3.63, 3.8) is 0 Å². The topological polar surface area (TPSA) is 55.0 Å². The molecule has 3 rings (SSSR count). The van der Waals surface area contributed by atoms with Crippen molar-refractivity contribution in [1.29, 1.82) is 0 Å². The van der Waals surface area contributed by atoms with E-state index in [-0.39, 0.29) is 11.0 Å². The smallest absolute Gasteiger partial charge is 0.274 e. The summed E-state index contributed by atoms with van der Waals surface area (Å²) in [6.45, 7) is 6.45. The maximum absolute atomic E-state index is 12.3. The third-order valence-corrected chi connectivity index (χ3v) is 4.68. The molecule has 0 saturated heterocycles. The first-order valence-electron chi connectivity index (χ1n) is 9.19. The van der Waals surface area contributed by atoms with Crippen LogP contribution in [0.3, 0.4) is 0 Å². The van der Waals surface area contributed by atoms with Gasteiger partial charge >= 0.3 is 0 Å². The van der Waals surface area contributed by atoms with Gasteiger partial charge in [0.25, 0.3) is 5.56 Å². The molecule has 0 bridgehead atoms. The zero-order valence-corrected chi connectivity index (χ0v) is 16.4. The summed E-state index contributed by atoms with van der Waals surface area (Å²) < 4.78 is 5.81. The van der Waals surface area contributed by atoms with Crippen LogP contribution in [0.15, 0.2) is 59.7 Å². The van der Waals surface area contributed by atoms with E-state index in [4.69, 9.17) is 4.74 Å². The lowest BCUT2D eigenvalue weighted by Gasteiger charge is -2.25. The molecule has 0 spiro atoms. The molecule has 4 heteroatoms. The van der Waals surface area contributed by atoms with Crippen molar-refractivity contribution < 1.29 is 4.74 Å². The van der Waals surface area contributed by atoms with E-state index in [1.807, 2.05) is 18.2 Å². The van der Waals surface area contributed by atoms with Crippen LogP contribution >= 0.6 is 0 Å². The molecule has 0 aliphatic rings. The molecule has 0 atom stereocenters. The zero-order valence-electron chi connectivity index (χ0n) is 16.4. The minimum atomic E-state index is -0.184. The van der Waals surface area contributed by atoms with Gasteiger partial charge in [-0.2, -0.15) is 0 Å². The highest BCUT2D eigenvalue weighted by Gasteiger charge is 2.23. The molecule has 0 fully saturated rings. The molecule has 0 aliphatic heterocycles. The quantitative estimate of drug-likeness (QED) is 0.725. The fraction of sp³-hybridized carbons (Fsp3) is 0.304. The van der Waals surface area contributed by atoms with Crippen LogP contribution in [0.5, 0.6) is 5.75 Å². The largest absolute Gasteiger partial charge is 0.496 e. The van der Waals surface area contributed by atoms with Crippen molar-refractivity contribution >= 4 is 0 Å². The second kappa shape index (κ2) is 7.78. The number of benzene rings is 2. The van der Waals surface area contributed by atoms with Crippen LogP contribution in [0.2, 0.25) is 0 Å². The summed E-state index contributed by atoms with van der Waals surface area (Å²) in [5.74, 6) is 0.898. The summed E-state index contributed by atoms with van der Waals surface area (Å²) >= 11 is 0. The number of ether oxygens (including phenoxy) is 1. The third kappa shape index (κ3) is 4.27. The van der Waals surface area contributed by atoms with Gasteiger partial charge in [0.05, 0.1) is 7.11 Å². The molecule has 140 valence electrons. The number of aromatic nitrogens is 2. The van der Waals surface area contributed by atoms with Crippen LogP contribution in [-0.2, 0) is 18.3 Å². The summed E-state index contributed by atoms with van der Waals surface area (Å²) in [5.41, 5.74) is 4.40. The zero-order chi connectivity index (χ0) is 19.4. The van der Waals surface area contributed by atoms with Gasteiger partial charge in [-0.05, 0) is 41.5 Å². The van der Waals surface area contributed by atoms with Gasteiger partial charge in [0, 0.05) is 23.5 Å². The van der Waals surface area contributed by atoms with Crippen LogP contribution in [0.25, 0.3) is 11.3 Å². The predicted molar refractivity (Wildman–Crippen MR) is 109 cm³/mol. The summed E-state index contributed by atoms with van der Waals surface area (Å²) in [5, 5.41) is 0. The van der Waals surface area contributed by atoms with E-state index in [1.54, 1.807) is 19.5 Å². The number of aromatic amines is 1. The van der Waals surface area contributed by atoms with E-state index in [0.717, 1.165) is 35.3 Å². The number of hydrogen-bond acceptors (Lipinski definition) is 3. The molecule has 0 aliphatic carbocycles. The van der Waals surface area contributed by atoms with Gasteiger partial charge in [0.15, 0.2) is 0 Å². The highest BCUT2D eigenvalue weighted by atomic mass is 16.5. The number of nitrogens with one attached hydrogen (secondary N) is 1. The van der Waals surface area contributed by atoms with E-state index in [1.165, 1.54) is 5.56 Å². The van der Waals surface area contributed by atoms with Crippen LogP contribution in [0, 0.1) is 0 Å². The Morgan fingerprint density at radius 2 is 1.81 bits per heavy atom. The maximum atomic E-state index is 12.3. The van der Waals surface area contributed by atoms with Crippen LogP contribution in [0.1, 0.15) is 37.5 Å². The van der Waals surface area contributed by atoms with Gasteiger partial charge in [0.1, 0.15) is 11.4 Å². The van der Waals surface area contributed by atoms with Crippen LogP contribution in [0.4, 0.5) is 0 Å². The molecule has 1 heterocycles. The highest BCUT2D eigenvalue weighted by molar-refractivity contribution is 5.65. The molecule has 1 N–H and O–H groups in total. The Hall–Kier alpha value is -2.88. The number of nitrogens with zero attached hydrogens (tertiary/aromatic N) is 1. The van der Waals surface area contributed by atoms with Crippen molar-refractivity contribution in [1.82, 2.24) is 9.97 Å². The SMILES string of the molecule is COc1c(CCc2ccccc2)cc(-c2ncc[nH]c2=O)cc1C(C)(C)C. The minimum absolute atomic E-state index is 0.121. The fourth-order valence-electron chi connectivity index (χ4n) is 3.29. The number of hydrogen-bond donors (Lipinski definition) is 1. The second-order valence-corrected chi connectivity index (χ2v) is 7.72. The van der Waals surface area contributed by atoms with E-state index in [2.05, 4.69) is 55.0 Å². The lowest BCUT2D eigenvalue weighted by Crippen LogP contribution is -2.16. The molecule has 1 aromatic heterocycles. The maximum Gasteiger partial charge on any atom is 0.274 e. The minimum Gasteiger partial charge on any atom is -0.496 e. The van der Waals surface area contributed by atoms with E-state index >= 15 is 0 Å². The van der Waals surface area contributed by atoms with Crippen LogP contribution < -0.4 is 10.3 Å². The van der Waals surface area contributed by atoms with Gasteiger partial charge in [-0.3, -0.25) is 4.79 Å². The molecular weight excluding hydrogens is 336 g/mol. The van der Waals surface area contributed by atoms with Gasteiger partial charge < -0.3 is 9.72 Å². The Balaban J connectivity index is 2.11.